The predicted octanol–water partition coefficient (Wildman–Crippen LogP) is 3.98. The van der Waals surface area contributed by atoms with Crippen molar-refractivity contribution in [2.45, 2.75) is 60.2 Å². The van der Waals surface area contributed by atoms with Crippen LogP contribution in [0, 0.1) is 12.3 Å². The number of aromatic nitrogens is 1. The average molecular weight is 374 g/mol. The number of hydrogen-bond donors (Lipinski definition) is 0. The molecule has 0 radical (unpaired) electrons. The van der Waals surface area contributed by atoms with Gasteiger partial charge in [0.05, 0.1) is 17.7 Å². The van der Waals surface area contributed by atoms with E-state index >= 15 is 0 Å². The second-order valence-corrected chi connectivity index (χ2v) is 8.85. The molecule has 0 aliphatic carbocycles. The van der Waals surface area contributed by atoms with Gasteiger partial charge in [-0.25, -0.2) is 4.79 Å². The summed E-state index contributed by atoms with van der Waals surface area (Å²) in [6.07, 6.45) is 0.870. The first kappa shape index (κ1) is 20.9. The SMILES string of the molecule is Cc1cccc(C2=CCN(C(=O)OC(C)(C)C)C[C@@H]2OC(=O)C(C)(C)C)n1. The lowest BCUT2D eigenvalue weighted by Crippen LogP contribution is -2.46. The summed E-state index contributed by atoms with van der Waals surface area (Å²) in [5, 5.41) is 0. The van der Waals surface area contributed by atoms with Crippen molar-refractivity contribution in [2.24, 2.45) is 5.41 Å². The standard InChI is InChI=1S/C21H30N2O4/c1-14-9-8-10-16(22-14)15-11-12-23(19(25)27-21(5,6)7)13-17(15)26-18(24)20(2,3)4/h8-11,17H,12-13H2,1-7H3/t17-/m0/s1. The van der Waals surface area contributed by atoms with Gasteiger partial charge in [0.2, 0.25) is 0 Å². The van der Waals surface area contributed by atoms with Crippen LogP contribution in [0.4, 0.5) is 4.79 Å². The van der Waals surface area contributed by atoms with Gasteiger partial charge in [-0.05, 0) is 60.6 Å². The lowest BCUT2D eigenvalue weighted by Gasteiger charge is -2.34. The summed E-state index contributed by atoms with van der Waals surface area (Å²) >= 11 is 0. The number of esters is 1. The van der Waals surface area contributed by atoms with E-state index in [-0.39, 0.29) is 12.5 Å². The number of rotatable bonds is 2. The van der Waals surface area contributed by atoms with Crippen LogP contribution in [-0.2, 0) is 14.3 Å². The number of hydrogen-bond acceptors (Lipinski definition) is 5. The fourth-order valence-electron chi connectivity index (χ4n) is 2.57. The Kier molecular flexibility index (Phi) is 5.97. The molecule has 1 aromatic heterocycles. The molecular weight excluding hydrogens is 344 g/mol. The van der Waals surface area contributed by atoms with Gasteiger partial charge in [-0.15, -0.1) is 0 Å². The first-order valence-electron chi connectivity index (χ1n) is 9.20. The Morgan fingerprint density at radius 2 is 1.81 bits per heavy atom. The van der Waals surface area contributed by atoms with E-state index in [0.717, 1.165) is 17.0 Å². The minimum absolute atomic E-state index is 0.234. The highest BCUT2D eigenvalue weighted by Crippen LogP contribution is 2.28. The average Bonchev–Trinajstić information content (AvgIpc) is 2.52. The van der Waals surface area contributed by atoms with Crippen LogP contribution in [0.2, 0.25) is 0 Å². The topological polar surface area (TPSA) is 68.7 Å². The van der Waals surface area contributed by atoms with Crippen molar-refractivity contribution in [1.82, 2.24) is 9.88 Å². The normalized spacial score (nSPS) is 18.0. The van der Waals surface area contributed by atoms with Gasteiger partial charge in [-0.1, -0.05) is 12.1 Å². The lowest BCUT2D eigenvalue weighted by molar-refractivity contribution is -0.156. The minimum Gasteiger partial charge on any atom is -0.455 e. The van der Waals surface area contributed by atoms with E-state index in [1.807, 2.05) is 52.0 Å². The summed E-state index contributed by atoms with van der Waals surface area (Å²) in [5.41, 5.74) is 1.22. The molecule has 0 fully saturated rings. The van der Waals surface area contributed by atoms with Crippen LogP contribution in [0.25, 0.3) is 5.57 Å². The molecule has 1 aliphatic heterocycles. The van der Waals surface area contributed by atoms with Crippen molar-refractivity contribution in [3.05, 3.63) is 35.7 Å². The first-order valence-corrected chi connectivity index (χ1v) is 9.20. The fourth-order valence-corrected chi connectivity index (χ4v) is 2.57. The van der Waals surface area contributed by atoms with Crippen LogP contribution < -0.4 is 0 Å². The van der Waals surface area contributed by atoms with E-state index in [0.29, 0.717) is 6.54 Å². The molecule has 6 nitrogen and oxygen atoms in total. The molecule has 1 aliphatic rings. The van der Waals surface area contributed by atoms with Gasteiger partial charge < -0.3 is 14.4 Å². The maximum Gasteiger partial charge on any atom is 0.410 e. The molecule has 0 N–H and O–H groups in total. The number of amides is 1. The van der Waals surface area contributed by atoms with Gasteiger partial charge >= 0.3 is 12.1 Å². The number of ether oxygens (including phenoxy) is 2. The van der Waals surface area contributed by atoms with E-state index < -0.39 is 23.2 Å². The van der Waals surface area contributed by atoms with Gasteiger partial charge in [-0.3, -0.25) is 9.78 Å². The molecule has 27 heavy (non-hydrogen) atoms. The minimum atomic E-state index is -0.640. The first-order chi connectivity index (χ1) is 12.4. The third kappa shape index (κ3) is 5.81. The number of carbonyl (C=O) groups excluding carboxylic acids is 2. The Bertz CT molecular complexity index is 741. The van der Waals surface area contributed by atoms with Gasteiger partial charge in [-0.2, -0.15) is 0 Å². The summed E-state index contributed by atoms with van der Waals surface area (Å²) in [7, 11) is 0. The second kappa shape index (κ2) is 7.71. The van der Waals surface area contributed by atoms with Gasteiger partial charge in [0.25, 0.3) is 0 Å². The maximum absolute atomic E-state index is 12.5. The Morgan fingerprint density at radius 3 is 2.37 bits per heavy atom. The maximum atomic E-state index is 12.5. The molecule has 2 heterocycles. The lowest BCUT2D eigenvalue weighted by atomic mass is 9.96. The Hall–Kier alpha value is -2.37. The molecular formula is C21H30N2O4. The van der Waals surface area contributed by atoms with Crippen LogP contribution in [0.3, 0.4) is 0 Å². The van der Waals surface area contributed by atoms with E-state index in [9.17, 15) is 9.59 Å². The third-order valence-corrected chi connectivity index (χ3v) is 3.96. The van der Waals surface area contributed by atoms with Crippen LogP contribution in [0.15, 0.2) is 24.3 Å². The van der Waals surface area contributed by atoms with Crippen LogP contribution in [-0.4, -0.2) is 46.7 Å². The van der Waals surface area contributed by atoms with Gasteiger partial charge in [0.15, 0.2) is 0 Å². The Balaban J connectivity index is 2.30. The van der Waals surface area contributed by atoms with Crippen molar-refractivity contribution in [2.75, 3.05) is 13.1 Å². The van der Waals surface area contributed by atoms with E-state index in [4.69, 9.17) is 9.47 Å². The Labute approximate surface area is 161 Å². The van der Waals surface area contributed by atoms with Crippen molar-refractivity contribution in [3.8, 4) is 0 Å². The zero-order valence-electron chi connectivity index (χ0n) is 17.3. The van der Waals surface area contributed by atoms with E-state index in [1.54, 1.807) is 25.7 Å². The summed E-state index contributed by atoms with van der Waals surface area (Å²) < 4.78 is 11.2. The largest absolute Gasteiger partial charge is 0.455 e. The van der Waals surface area contributed by atoms with Crippen LogP contribution in [0.5, 0.6) is 0 Å². The zero-order valence-corrected chi connectivity index (χ0v) is 17.3. The highest BCUT2D eigenvalue weighted by atomic mass is 16.6. The molecule has 0 bridgehead atoms. The van der Waals surface area contributed by atoms with Crippen molar-refractivity contribution in [1.29, 1.82) is 0 Å². The smallest absolute Gasteiger partial charge is 0.410 e. The number of pyridine rings is 1. The molecule has 0 aromatic carbocycles. The Morgan fingerprint density at radius 1 is 1.15 bits per heavy atom. The van der Waals surface area contributed by atoms with Gasteiger partial charge in [0, 0.05) is 17.8 Å². The van der Waals surface area contributed by atoms with Crippen molar-refractivity contribution in [3.63, 3.8) is 0 Å². The molecule has 6 heteroatoms. The molecule has 1 aromatic rings. The van der Waals surface area contributed by atoms with Crippen molar-refractivity contribution >= 4 is 17.6 Å². The van der Waals surface area contributed by atoms with Crippen molar-refractivity contribution < 1.29 is 19.1 Å². The molecule has 0 saturated heterocycles. The highest BCUT2D eigenvalue weighted by Gasteiger charge is 2.34. The molecule has 0 unspecified atom stereocenters. The van der Waals surface area contributed by atoms with Crippen LogP contribution in [0.1, 0.15) is 52.9 Å². The number of aryl methyl sites for hydroxylation is 1. The quantitative estimate of drug-likeness (QED) is 0.732. The summed E-state index contributed by atoms with van der Waals surface area (Å²) in [6, 6.07) is 5.72. The summed E-state index contributed by atoms with van der Waals surface area (Å²) in [4.78, 5) is 31.0. The molecule has 0 saturated carbocycles. The monoisotopic (exact) mass is 374 g/mol. The molecule has 148 valence electrons. The predicted molar refractivity (Wildman–Crippen MR) is 104 cm³/mol. The highest BCUT2D eigenvalue weighted by molar-refractivity contribution is 5.79. The van der Waals surface area contributed by atoms with Crippen LogP contribution >= 0.6 is 0 Å². The third-order valence-electron chi connectivity index (χ3n) is 3.96. The number of carbonyl (C=O) groups is 2. The molecule has 2 rings (SSSR count). The summed E-state index contributed by atoms with van der Waals surface area (Å²) in [6.45, 7) is 13.4. The zero-order chi connectivity index (χ0) is 20.4. The summed E-state index contributed by atoms with van der Waals surface area (Å²) in [5.74, 6) is -0.322. The fraction of sp³-hybridized carbons (Fsp3) is 0.571. The molecule has 1 amide bonds. The molecule has 1 atom stereocenters. The molecule has 0 spiro atoms. The van der Waals surface area contributed by atoms with E-state index in [1.165, 1.54) is 0 Å². The number of nitrogens with zero attached hydrogens (tertiary/aromatic N) is 2. The van der Waals surface area contributed by atoms with E-state index in [2.05, 4.69) is 4.98 Å². The van der Waals surface area contributed by atoms with Gasteiger partial charge in [0.1, 0.15) is 11.7 Å². The second-order valence-electron chi connectivity index (χ2n) is 8.85.